The minimum Gasteiger partial charge on any atom is -0.368 e. The van der Waals surface area contributed by atoms with E-state index < -0.39 is 0 Å². The molecule has 0 saturated carbocycles. The summed E-state index contributed by atoms with van der Waals surface area (Å²) in [7, 11) is 0. The molecule has 2 amide bonds. The molecule has 2 atom stereocenters. The molecule has 2 saturated heterocycles. The van der Waals surface area contributed by atoms with Crippen molar-refractivity contribution in [3.8, 4) is 0 Å². The molecule has 0 aliphatic carbocycles. The van der Waals surface area contributed by atoms with E-state index in [1.54, 1.807) is 6.07 Å². The molecular weight excluding hydrogens is 443 g/mol. The Morgan fingerprint density at radius 1 is 1.14 bits per heavy atom. The Hall–Kier alpha value is -2.93. The van der Waals surface area contributed by atoms with Crippen LogP contribution < -0.4 is 15.5 Å². The third kappa shape index (κ3) is 6.01. The van der Waals surface area contributed by atoms with Gasteiger partial charge in [0.15, 0.2) is 0 Å². The van der Waals surface area contributed by atoms with Crippen LogP contribution in [0, 0.1) is 31.5 Å². The number of halogens is 1. The lowest BCUT2D eigenvalue weighted by Gasteiger charge is -2.38. The molecule has 4 rings (SSSR count). The van der Waals surface area contributed by atoms with Gasteiger partial charge in [-0.25, -0.2) is 4.39 Å². The molecule has 0 radical (unpaired) electrons. The lowest BCUT2D eigenvalue weighted by atomic mass is 9.94. The lowest BCUT2D eigenvalue weighted by Crippen LogP contribution is -2.52. The van der Waals surface area contributed by atoms with E-state index in [1.165, 1.54) is 6.07 Å². The van der Waals surface area contributed by atoms with Crippen molar-refractivity contribution in [3.63, 3.8) is 0 Å². The Bertz CT molecular complexity index is 1060. The fourth-order valence-electron chi connectivity index (χ4n) is 5.04. The maximum absolute atomic E-state index is 14.4. The van der Waals surface area contributed by atoms with Crippen LogP contribution in [0.1, 0.15) is 36.5 Å². The molecule has 2 aromatic rings. The molecule has 2 aliphatic rings. The molecule has 2 fully saturated rings. The van der Waals surface area contributed by atoms with Crippen LogP contribution in [0.15, 0.2) is 36.4 Å². The highest BCUT2D eigenvalue weighted by Crippen LogP contribution is 2.24. The molecule has 2 aliphatic heterocycles. The lowest BCUT2D eigenvalue weighted by molar-refractivity contribution is -0.136. The third-order valence-electron chi connectivity index (χ3n) is 7.49. The van der Waals surface area contributed by atoms with Gasteiger partial charge in [0.2, 0.25) is 11.8 Å². The maximum Gasteiger partial charge on any atom is 0.227 e. The number of carbonyl (C=O) groups excluding carboxylic acids is 2. The average molecular weight is 481 g/mol. The van der Waals surface area contributed by atoms with Gasteiger partial charge in [0.1, 0.15) is 5.82 Å². The van der Waals surface area contributed by atoms with Crippen molar-refractivity contribution in [2.75, 3.05) is 49.5 Å². The Morgan fingerprint density at radius 2 is 1.91 bits per heavy atom. The zero-order chi connectivity index (χ0) is 24.9. The molecule has 7 heteroatoms. The molecule has 188 valence electrons. The normalized spacial score (nSPS) is 19.4. The number of amides is 2. The van der Waals surface area contributed by atoms with Gasteiger partial charge in [-0.1, -0.05) is 19.1 Å². The zero-order valence-electron chi connectivity index (χ0n) is 21.1. The highest BCUT2D eigenvalue weighted by molar-refractivity contribution is 5.93. The van der Waals surface area contributed by atoms with Gasteiger partial charge in [-0.3, -0.25) is 9.59 Å². The Morgan fingerprint density at radius 3 is 2.63 bits per heavy atom. The second-order valence-corrected chi connectivity index (χ2v) is 9.97. The minimum atomic E-state index is -0.363. The first-order chi connectivity index (χ1) is 16.8. The summed E-state index contributed by atoms with van der Waals surface area (Å²) in [6, 6.07) is 11.1. The van der Waals surface area contributed by atoms with Crippen molar-refractivity contribution in [2.24, 2.45) is 11.8 Å². The largest absolute Gasteiger partial charge is 0.368 e. The summed E-state index contributed by atoms with van der Waals surface area (Å²) in [5.41, 5.74) is 4.30. The number of piperidine rings is 1. The van der Waals surface area contributed by atoms with Crippen molar-refractivity contribution in [1.29, 1.82) is 0 Å². The molecule has 2 aromatic carbocycles. The average Bonchev–Trinajstić information content (AvgIpc) is 2.89. The Balaban J connectivity index is 1.33. The summed E-state index contributed by atoms with van der Waals surface area (Å²) >= 11 is 0. The predicted molar refractivity (Wildman–Crippen MR) is 138 cm³/mol. The fraction of sp³-hybridized carbons (Fsp3) is 0.500. The molecule has 0 spiro atoms. The van der Waals surface area contributed by atoms with Crippen LogP contribution in [-0.2, 0) is 16.0 Å². The van der Waals surface area contributed by atoms with E-state index in [0.717, 1.165) is 61.5 Å². The van der Waals surface area contributed by atoms with E-state index in [0.29, 0.717) is 25.1 Å². The Kier molecular flexibility index (Phi) is 8.06. The van der Waals surface area contributed by atoms with E-state index in [1.807, 2.05) is 49.9 Å². The van der Waals surface area contributed by atoms with Crippen molar-refractivity contribution in [3.05, 3.63) is 58.9 Å². The predicted octanol–water partition coefficient (Wildman–Crippen LogP) is 3.91. The summed E-state index contributed by atoms with van der Waals surface area (Å²) < 4.78 is 14.4. The second kappa shape index (κ2) is 11.2. The van der Waals surface area contributed by atoms with Gasteiger partial charge in [0.05, 0.1) is 5.92 Å². The molecule has 6 nitrogen and oxygen atoms in total. The van der Waals surface area contributed by atoms with Gasteiger partial charge < -0.3 is 20.4 Å². The quantitative estimate of drug-likeness (QED) is 0.658. The first-order valence-corrected chi connectivity index (χ1v) is 12.7. The van der Waals surface area contributed by atoms with Crippen molar-refractivity contribution in [2.45, 2.75) is 40.0 Å². The monoisotopic (exact) mass is 480 g/mol. The number of carbonyl (C=O) groups is 2. The summed E-state index contributed by atoms with van der Waals surface area (Å²) in [6.07, 6.45) is 2.40. The number of hydrogen-bond donors (Lipinski definition) is 2. The van der Waals surface area contributed by atoms with Crippen LogP contribution in [0.3, 0.4) is 0 Å². The number of rotatable bonds is 6. The van der Waals surface area contributed by atoms with Crippen LogP contribution >= 0.6 is 0 Å². The third-order valence-corrected chi connectivity index (χ3v) is 7.49. The molecule has 35 heavy (non-hydrogen) atoms. The first kappa shape index (κ1) is 25.2. The summed E-state index contributed by atoms with van der Waals surface area (Å²) in [5, 5.41) is 6.33. The van der Waals surface area contributed by atoms with Crippen molar-refractivity contribution < 1.29 is 14.0 Å². The second-order valence-electron chi connectivity index (χ2n) is 9.97. The highest BCUT2D eigenvalue weighted by atomic mass is 19.1. The van der Waals surface area contributed by atoms with Crippen LogP contribution in [0.25, 0.3) is 0 Å². The fourth-order valence-corrected chi connectivity index (χ4v) is 5.04. The van der Waals surface area contributed by atoms with Crippen LogP contribution in [-0.4, -0.2) is 56.0 Å². The topological polar surface area (TPSA) is 64.7 Å². The molecule has 0 bridgehead atoms. The van der Waals surface area contributed by atoms with Gasteiger partial charge in [0, 0.05) is 50.0 Å². The van der Waals surface area contributed by atoms with Crippen molar-refractivity contribution >= 4 is 23.2 Å². The maximum atomic E-state index is 14.4. The number of benzene rings is 2. The number of nitrogens with one attached hydrogen (secondary N) is 2. The molecule has 2 unspecified atom stereocenters. The summed E-state index contributed by atoms with van der Waals surface area (Å²) in [6.45, 7) is 10.4. The van der Waals surface area contributed by atoms with Crippen LogP contribution in [0.2, 0.25) is 0 Å². The molecular formula is C28H37FN4O2. The number of anilines is 2. The molecule has 2 heterocycles. The minimum absolute atomic E-state index is 0.105. The molecule has 2 N–H and O–H groups in total. The van der Waals surface area contributed by atoms with E-state index in [-0.39, 0.29) is 29.5 Å². The van der Waals surface area contributed by atoms with Gasteiger partial charge >= 0.3 is 0 Å². The van der Waals surface area contributed by atoms with Crippen molar-refractivity contribution in [1.82, 2.24) is 10.2 Å². The number of aryl methyl sites for hydroxylation is 1. The highest BCUT2D eigenvalue weighted by Gasteiger charge is 2.28. The molecule has 0 aromatic heterocycles. The van der Waals surface area contributed by atoms with Crippen LogP contribution in [0.5, 0.6) is 0 Å². The number of nitrogens with zero attached hydrogens (tertiary/aromatic N) is 2. The number of piperazine rings is 1. The van der Waals surface area contributed by atoms with Gasteiger partial charge in [-0.15, -0.1) is 0 Å². The van der Waals surface area contributed by atoms with E-state index in [4.69, 9.17) is 0 Å². The zero-order valence-corrected chi connectivity index (χ0v) is 21.1. The Labute approximate surface area is 207 Å². The summed E-state index contributed by atoms with van der Waals surface area (Å²) in [5.74, 6) is -0.372. The van der Waals surface area contributed by atoms with Gasteiger partial charge in [-0.05, 0) is 80.6 Å². The number of hydrogen-bond acceptors (Lipinski definition) is 4. The van der Waals surface area contributed by atoms with Gasteiger partial charge in [0.25, 0.3) is 0 Å². The van der Waals surface area contributed by atoms with E-state index in [2.05, 4.69) is 15.5 Å². The smallest absolute Gasteiger partial charge is 0.227 e. The van der Waals surface area contributed by atoms with E-state index in [9.17, 15) is 14.0 Å². The summed E-state index contributed by atoms with van der Waals surface area (Å²) in [4.78, 5) is 30.0. The van der Waals surface area contributed by atoms with E-state index >= 15 is 0 Å². The first-order valence-electron chi connectivity index (χ1n) is 12.7. The SMILES string of the molecule is Cc1ccc(F)c(CC(C)C(=O)Nc2cccc(N3CCN(C(=O)C4CCCNC4)CC3)c2)c1C. The standard InChI is InChI=1S/C28H37FN4O2/c1-19-9-10-26(29)25(21(19)3)16-20(2)27(34)31-23-7-4-8-24(17-23)32-12-14-33(15-13-32)28(35)22-6-5-11-30-18-22/h4,7-10,17,20,22,30H,5-6,11-16,18H2,1-3H3,(H,31,34). The van der Waals surface area contributed by atoms with Crippen LogP contribution in [0.4, 0.5) is 15.8 Å². The van der Waals surface area contributed by atoms with Gasteiger partial charge in [-0.2, -0.15) is 0 Å².